The van der Waals surface area contributed by atoms with Crippen molar-refractivity contribution in [3.05, 3.63) is 54.4 Å². The number of imidazole rings is 1. The molecule has 0 aliphatic carbocycles. The zero-order valence-electron chi connectivity index (χ0n) is 13.3. The maximum Gasteiger partial charge on any atom is 0.276 e. The number of hydrazine groups is 1. The fourth-order valence-electron chi connectivity index (χ4n) is 2.36. The number of thioether (sulfide) groups is 1. The van der Waals surface area contributed by atoms with Gasteiger partial charge in [-0.15, -0.1) is 11.8 Å². The van der Waals surface area contributed by atoms with Gasteiger partial charge in [0.05, 0.1) is 17.5 Å². The van der Waals surface area contributed by atoms with E-state index in [-0.39, 0.29) is 0 Å². The van der Waals surface area contributed by atoms with Gasteiger partial charge in [0.1, 0.15) is 5.65 Å². The molecule has 0 bridgehead atoms. The van der Waals surface area contributed by atoms with E-state index in [9.17, 15) is 9.59 Å². The second kappa shape index (κ2) is 6.46. The van der Waals surface area contributed by atoms with E-state index < -0.39 is 11.8 Å². The number of carbonyl (C=O) groups is 2. The van der Waals surface area contributed by atoms with Crippen LogP contribution < -0.4 is 5.84 Å². The predicted octanol–water partition coefficient (Wildman–Crippen LogP) is 2.59. The number of hydrogen-bond acceptors (Lipinski definition) is 5. The van der Waals surface area contributed by atoms with Crippen LogP contribution in [0.5, 0.6) is 0 Å². The van der Waals surface area contributed by atoms with Crippen molar-refractivity contribution in [2.75, 3.05) is 6.26 Å². The summed E-state index contributed by atoms with van der Waals surface area (Å²) in [6.07, 6.45) is 5.42. The van der Waals surface area contributed by atoms with E-state index in [1.54, 1.807) is 36.3 Å². The van der Waals surface area contributed by atoms with Gasteiger partial charge in [0.25, 0.3) is 5.91 Å². The van der Waals surface area contributed by atoms with E-state index in [2.05, 4.69) is 4.98 Å². The molecule has 2 amide bonds. The second-order valence-electron chi connectivity index (χ2n) is 5.21. The monoisotopic (exact) mass is 340 g/mol. The summed E-state index contributed by atoms with van der Waals surface area (Å²) in [6.45, 7) is 1.24. The largest absolute Gasteiger partial charge is 0.299 e. The molecule has 122 valence electrons. The Labute approximate surface area is 143 Å². The van der Waals surface area contributed by atoms with Gasteiger partial charge in [-0.05, 0) is 30.5 Å². The van der Waals surface area contributed by atoms with Crippen LogP contribution in [-0.4, -0.2) is 32.5 Å². The first-order chi connectivity index (χ1) is 11.5. The highest BCUT2D eigenvalue weighted by molar-refractivity contribution is 7.98. The summed E-state index contributed by atoms with van der Waals surface area (Å²) in [5.74, 6) is 4.43. The summed E-state index contributed by atoms with van der Waals surface area (Å²) < 4.78 is 1.81. The molecule has 6 nitrogen and oxygen atoms in total. The lowest BCUT2D eigenvalue weighted by molar-refractivity contribution is -0.126. The summed E-state index contributed by atoms with van der Waals surface area (Å²) in [5, 5.41) is 0.602. The maximum atomic E-state index is 12.2. The number of aromatic nitrogens is 2. The van der Waals surface area contributed by atoms with E-state index in [1.165, 1.54) is 11.8 Å². The molecule has 0 fully saturated rings. The highest BCUT2D eigenvalue weighted by atomic mass is 32.2. The Hall–Kier alpha value is -2.64. The zero-order chi connectivity index (χ0) is 17.3. The molecule has 0 radical (unpaired) electrons. The average Bonchev–Trinajstić information content (AvgIpc) is 3.03. The van der Waals surface area contributed by atoms with Gasteiger partial charge in [-0.1, -0.05) is 12.1 Å². The van der Waals surface area contributed by atoms with Crippen LogP contribution in [-0.2, 0) is 4.79 Å². The van der Waals surface area contributed by atoms with Gasteiger partial charge < -0.3 is 0 Å². The first-order valence-corrected chi connectivity index (χ1v) is 8.45. The SMILES string of the molecule is CSc1ccc(-c2cnc3ccc(C(=O)N(N)C(C)=O)cn23)cc1. The van der Waals surface area contributed by atoms with Crippen molar-refractivity contribution >= 4 is 29.2 Å². The van der Waals surface area contributed by atoms with Crippen molar-refractivity contribution < 1.29 is 9.59 Å². The van der Waals surface area contributed by atoms with Crippen molar-refractivity contribution in [2.45, 2.75) is 11.8 Å². The minimum absolute atomic E-state index is 0.320. The summed E-state index contributed by atoms with van der Waals surface area (Å²) in [6, 6.07) is 11.4. The van der Waals surface area contributed by atoms with Gasteiger partial charge >= 0.3 is 0 Å². The Morgan fingerprint density at radius 1 is 1.17 bits per heavy atom. The minimum Gasteiger partial charge on any atom is -0.299 e. The number of nitrogens with zero attached hydrogens (tertiary/aromatic N) is 3. The number of benzene rings is 1. The van der Waals surface area contributed by atoms with Gasteiger partial charge in [0, 0.05) is 23.6 Å². The van der Waals surface area contributed by atoms with E-state index in [0.29, 0.717) is 16.2 Å². The van der Waals surface area contributed by atoms with Gasteiger partial charge in [-0.3, -0.25) is 14.0 Å². The molecule has 0 aliphatic heterocycles. The molecule has 1 aromatic carbocycles. The summed E-state index contributed by atoms with van der Waals surface area (Å²) in [5.41, 5.74) is 2.88. The van der Waals surface area contributed by atoms with Crippen LogP contribution in [0.25, 0.3) is 16.9 Å². The van der Waals surface area contributed by atoms with Crippen LogP contribution >= 0.6 is 11.8 Å². The first kappa shape index (κ1) is 16.2. The summed E-state index contributed by atoms with van der Waals surface area (Å²) in [4.78, 5) is 29.0. The third kappa shape index (κ3) is 2.91. The molecular formula is C17H16N4O2S. The molecule has 2 N–H and O–H groups in total. The highest BCUT2D eigenvalue weighted by Crippen LogP contribution is 2.24. The molecule has 3 aromatic rings. The summed E-state index contributed by atoms with van der Waals surface area (Å²) in [7, 11) is 0. The zero-order valence-corrected chi connectivity index (χ0v) is 14.1. The van der Waals surface area contributed by atoms with E-state index >= 15 is 0 Å². The Morgan fingerprint density at radius 2 is 1.88 bits per heavy atom. The number of rotatable bonds is 3. The Kier molecular flexibility index (Phi) is 4.37. The van der Waals surface area contributed by atoms with Gasteiger partial charge in [-0.2, -0.15) is 0 Å². The van der Waals surface area contributed by atoms with Crippen molar-refractivity contribution in [2.24, 2.45) is 5.84 Å². The Bertz CT molecular complexity index is 918. The van der Waals surface area contributed by atoms with E-state index in [0.717, 1.165) is 11.3 Å². The van der Waals surface area contributed by atoms with Crippen molar-refractivity contribution in [1.29, 1.82) is 0 Å². The standard InChI is InChI=1S/C17H16N4O2S/c1-11(22)21(18)17(23)13-5-8-16-19-9-15(20(16)10-13)12-3-6-14(24-2)7-4-12/h3-10H,18H2,1-2H3. The van der Waals surface area contributed by atoms with Crippen LogP contribution in [0.4, 0.5) is 0 Å². The van der Waals surface area contributed by atoms with E-state index in [4.69, 9.17) is 5.84 Å². The molecule has 0 aliphatic rings. The topological polar surface area (TPSA) is 80.7 Å². The number of imide groups is 1. The lowest BCUT2D eigenvalue weighted by Gasteiger charge is -2.12. The second-order valence-corrected chi connectivity index (χ2v) is 6.09. The number of fused-ring (bicyclic) bond motifs is 1. The molecule has 3 rings (SSSR count). The molecular weight excluding hydrogens is 324 g/mol. The lowest BCUT2D eigenvalue weighted by Crippen LogP contribution is -2.41. The third-order valence-electron chi connectivity index (χ3n) is 3.70. The van der Waals surface area contributed by atoms with Gasteiger partial charge in [0.2, 0.25) is 5.91 Å². The number of hydrogen-bond donors (Lipinski definition) is 1. The number of pyridine rings is 1. The molecule has 0 unspecified atom stereocenters. The molecule has 0 saturated carbocycles. The van der Waals surface area contributed by atoms with Crippen LogP contribution in [0, 0.1) is 0 Å². The van der Waals surface area contributed by atoms with Crippen molar-refractivity contribution in [3.63, 3.8) is 0 Å². The minimum atomic E-state index is -0.554. The van der Waals surface area contributed by atoms with E-state index in [1.807, 2.05) is 34.9 Å². The lowest BCUT2D eigenvalue weighted by atomic mass is 10.1. The summed E-state index contributed by atoms with van der Waals surface area (Å²) >= 11 is 1.67. The fourth-order valence-corrected chi connectivity index (χ4v) is 2.77. The van der Waals surface area contributed by atoms with Gasteiger partial charge in [-0.25, -0.2) is 15.8 Å². The first-order valence-electron chi connectivity index (χ1n) is 7.22. The molecule has 7 heteroatoms. The van der Waals surface area contributed by atoms with Crippen LogP contribution in [0.3, 0.4) is 0 Å². The molecule has 0 atom stereocenters. The number of nitrogens with two attached hydrogens (primary N) is 1. The molecule has 0 saturated heterocycles. The van der Waals surface area contributed by atoms with Crippen molar-refractivity contribution in [1.82, 2.24) is 14.4 Å². The fraction of sp³-hybridized carbons (Fsp3) is 0.118. The molecule has 24 heavy (non-hydrogen) atoms. The Balaban J connectivity index is 2.05. The molecule has 2 heterocycles. The highest BCUT2D eigenvalue weighted by Gasteiger charge is 2.17. The molecule has 0 spiro atoms. The number of carbonyl (C=O) groups excluding carboxylic acids is 2. The third-order valence-corrected chi connectivity index (χ3v) is 4.44. The Morgan fingerprint density at radius 3 is 2.50 bits per heavy atom. The molecule has 2 aromatic heterocycles. The predicted molar refractivity (Wildman–Crippen MR) is 93.4 cm³/mol. The normalized spacial score (nSPS) is 10.8. The van der Waals surface area contributed by atoms with Crippen LogP contribution in [0.15, 0.2) is 53.7 Å². The maximum absolute atomic E-state index is 12.2. The van der Waals surface area contributed by atoms with Crippen LogP contribution in [0.2, 0.25) is 0 Å². The average molecular weight is 340 g/mol. The van der Waals surface area contributed by atoms with Gasteiger partial charge in [0.15, 0.2) is 0 Å². The number of amides is 2. The van der Waals surface area contributed by atoms with Crippen LogP contribution in [0.1, 0.15) is 17.3 Å². The smallest absolute Gasteiger partial charge is 0.276 e. The van der Waals surface area contributed by atoms with Crippen molar-refractivity contribution in [3.8, 4) is 11.3 Å². The quantitative estimate of drug-likeness (QED) is 0.343.